The van der Waals surface area contributed by atoms with E-state index in [4.69, 9.17) is 9.47 Å². The number of benzene rings is 1. The van der Waals surface area contributed by atoms with Crippen LogP contribution < -0.4 is 4.74 Å². The van der Waals surface area contributed by atoms with Crippen LogP contribution in [0.4, 0.5) is 4.39 Å². The summed E-state index contributed by atoms with van der Waals surface area (Å²) in [7, 11) is 0. The van der Waals surface area contributed by atoms with Crippen molar-refractivity contribution in [3.8, 4) is 5.75 Å². The van der Waals surface area contributed by atoms with E-state index in [0.717, 1.165) is 18.5 Å². The van der Waals surface area contributed by atoms with Gasteiger partial charge in [-0.1, -0.05) is 13.8 Å². The molecule has 8 nitrogen and oxygen atoms in total. The highest BCUT2D eigenvalue weighted by atomic mass is 19.1. The smallest absolute Gasteiger partial charge is 0.272 e. The monoisotopic (exact) mass is 500 g/mol. The van der Waals surface area contributed by atoms with Gasteiger partial charge < -0.3 is 19.3 Å². The Labute approximate surface area is 212 Å². The fourth-order valence-corrected chi connectivity index (χ4v) is 5.00. The van der Waals surface area contributed by atoms with Crippen molar-refractivity contribution in [3.63, 3.8) is 0 Å². The van der Waals surface area contributed by atoms with E-state index in [1.807, 2.05) is 22.8 Å². The predicted octanol–water partition coefficient (Wildman–Crippen LogP) is 3.72. The summed E-state index contributed by atoms with van der Waals surface area (Å²) in [6, 6.07) is 7.78. The van der Waals surface area contributed by atoms with Gasteiger partial charge in [0.1, 0.15) is 17.3 Å². The third-order valence-corrected chi connectivity index (χ3v) is 7.11. The van der Waals surface area contributed by atoms with Gasteiger partial charge in [-0.3, -0.25) is 14.3 Å². The van der Waals surface area contributed by atoms with Gasteiger partial charge >= 0.3 is 0 Å². The molecule has 0 spiro atoms. The molecule has 196 valence electrons. The molecule has 9 heteroatoms. The molecule has 2 aromatic rings. The fraction of sp³-hybridized carbons (Fsp3) is 0.593. The number of aromatic nitrogens is 2. The number of ether oxygens (including phenoxy) is 2. The van der Waals surface area contributed by atoms with Crippen molar-refractivity contribution in [2.45, 2.75) is 52.5 Å². The molecule has 0 bridgehead atoms. The second kappa shape index (κ2) is 11.4. The van der Waals surface area contributed by atoms with Gasteiger partial charge in [0.2, 0.25) is 5.91 Å². The highest BCUT2D eigenvalue weighted by Gasteiger charge is 2.41. The van der Waals surface area contributed by atoms with Crippen LogP contribution >= 0.6 is 0 Å². The summed E-state index contributed by atoms with van der Waals surface area (Å²) in [6.45, 7) is 10.2. The van der Waals surface area contributed by atoms with Crippen LogP contribution in [0.15, 0.2) is 30.3 Å². The van der Waals surface area contributed by atoms with Crippen molar-refractivity contribution in [2.75, 3.05) is 46.0 Å². The van der Waals surface area contributed by atoms with E-state index in [9.17, 15) is 14.0 Å². The lowest BCUT2D eigenvalue weighted by Crippen LogP contribution is -2.52. The number of likely N-dealkylation sites (tertiary alicyclic amines) is 1. The van der Waals surface area contributed by atoms with Crippen LogP contribution in [0, 0.1) is 11.2 Å². The molecule has 0 radical (unpaired) electrons. The normalized spacial score (nSPS) is 20.6. The number of nitrogens with zero attached hydrogens (tertiary/aromatic N) is 4. The summed E-state index contributed by atoms with van der Waals surface area (Å²) in [5, 5.41) is 4.61. The Morgan fingerprint density at radius 1 is 1.14 bits per heavy atom. The molecule has 0 aliphatic carbocycles. The molecule has 0 N–H and O–H groups in total. The highest BCUT2D eigenvalue weighted by molar-refractivity contribution is 5.93. The van der Waals surface area contributed by atoms with E-state index in [1.54, 1.807) is 16.8 Å². The number of hydrogen-bond acceptors (Lipinski definition) is 5. The Morgan fingerprint density at radius 3 is 2.53 bits per heavy atom. The van der Waals surface area contributed by atoms with Crippen LogP contribution in [-0.4, -0.2) is 77.4 Å². The predicted molar refractivity (Wildman–Crippen MR) is 133 cm³/mol. The van der Waals surface area contributed by atoms with E-state index < -0.39 is 5.41 Å². The Hall–Kier alpha value is -2.94. The summed E-state index contributed by atoms with van der Waals surface area (Å²) in [6.07, 6.45) is 1.81. The first kappa shape index (κ1) is 26.1. The maximum atomic E-state index is 13.7. The van der Waals surface area contributed by atoms with Crippen LogP contribution in [0.2, 0.25) is 0 Å². The minimum Gasteiger partial charge on any atom is -0.493 e. The van der Waals surface area contributed by atoms with Gasteiger partial charge in [-0.05, 0) is 56.0 Å². The summed E-state index contributed by atoms with van der Waals surface area (Å²) in [4.78, 5) is 30.7. The van der Waals surface area contributed by atoms with Gasteiger partial charge in [0.25, 0.3) is 5.91 Å². The van der Waals surface area contributed by atoms with Crippen molar-refractivity contribution in [2.24, 2.45) is 5.41 Å². The Bertz CT molecular complexity index is 1050. The van der Waals surface area contributed by atoms with Crippen LogP contribution in [0.1, 0.15) is 62.1 Å². The van der Waals surface area contributed by atoms with E-state index in [1.165, 1.54) is 12.1 Å². The van der Waals surface area contributed by atoms with Gasteiger partial charge in [-0.2, -0.15) is 5.10 Å². The number of halogens is 1. The summed E-state index contributed by atoms with van der Waals surface area (Å²) >= 11 is 0. The van der Waals surface area contributed by atoms with Crippen LogP contribution in [0.3, 0.4) is 0 Å². The minimum atomic E-state index is -0.546. The number of amides is 2. The SMILES string of the molecule is CCn1nc(C(C)C)cc1C(=O)N1CCC[C@@](COc2ccc(F)cc2)(CC(=O)N2CCOCC2)C1. The third kappa shape index (κ3) is 6.06. The molecule has 2 aliphatic heterocycles. The van der Waals surface area contributed by atoms with Crippen molar-refractivity contribution >= 4 is 11.8 Å². The van der Waals surface area contributed by atoms with Crippen LogP contribution in [-0.2, 0) is 16.1 Å². The number of aryl methyl sites for hydroxylation is 1. The molecule has 1 atom stereocenters. The average Bonchev–Trinajstić information content (AvgIpc) is 3.34. The van der Waals surface area contributed by atoms with Gasteiger partial charge in [0, 0.05) is 44.6 Å². The van der Waals surface area contributed by atoms with Gasteiger partial charge in [0.05, 0.1) is 25.5 Å². The largest absolute Gasteiger partial charge is 0.493 e. The van der Waals surface area contributed by atoms with Gasteiger partial charge in [-0.25, -0.2) is 4.39 Å². The van der Waals surface area contributed by atoms with E-state index >= 15 is 0 Å². The molecule has 1 aromatic carbocycles. The summed E-state index contributed by atoms with van der Waals surface area (Å²) in [5.41, 5.74) is 0.928. The topological polar surface area (TPSA) is 76.9 Å². The maximum Gasteiger partial charge on any atom is 0.272 e. The Balaban J connectivity index is 1.56. The van der Waals surface area contributed by atoms with Crippen molar-refractivity contribution in [3.05, 3.63) is 47.5 Å². The van der Waals surface area contributed by atoms with E-state index in [0.29, 0.717) is 57.4 Å². The first-order chi connectivity index (χ1) is 17.3. The number of carbonyl (C=O) groups excluding carboxylic acids is 2. The van der Waals surface area contributed by atoms with Crippen LogP contribution in [0.5, 0.6) is 5.75 Å². The Morgan fingerprint density at radius 2 is 1.86 bits per heavy atom. The van der Waals surface area contributed by atoms with E-state index in [-0.39, 0.29) is 36.6 Å². The van der Waals surface area contributed by atoms with Gasteiger partial charge in [-0.15, -0.1) is 0 Å². The molecule has 4 rings (SSSR count). The molecule has 2 fully saturated rings. The molecular weight excluding hydrogens is 463 g/mol. The molecule has 3 heterocycles. The van der Waals surface area contributed by atoms with Gasteiger partial charge in [0.15, 0.2) is 0 Å². The molecule has 1 aromatic heterocycles. The lowest BCUT2D eigenvalue weighted by atomic mass is 9.77. The molecule has 2 saturated heterocycles. The molecule has 2 aliphatic rings. The zero-order valence-electron chi connectivity index (χ0n) is 21.5. The standard InChI is InChI=1S/C27H37FN4O4/c1-4-32-24(16-23(29-32)20(2)3)26(34)31-11-5-10-27(18-31,17-25(33)30-12-14-35-15-13-30)19-36-22-8-6-21(28)7-9-22/h6-9,16,20H,4-5,10-15,17-19H2,1-3H3/t27-/m1/s1. The summed E-state index contributed by atoms with van der Waals surface area (Å²) in [5.74, 6) is 0.419. The second-order valence-electron chi connectivity index (χ2n) is 10.2. The fourth-order valence-electron chi connectivity index (χ4n) is 5.00. The number of hydrogen-bond donors (Lipinski definition) is 0. The maximum absolute atomic E-state index is 13.7. The average molecular weight is 501 g/mol. The lowest BCUT2D eigenvalue weighted by Gasteiger charge is -2.43. The molecule has 0 unspecified atom stereocenters. The van der Waals surface area contributed by atoms with E-state index in [2.05, 4.69) is 18.9 Å². The van der Waals surface area contributed by atoms with Crippen molar-refractivity contribution in [1.82, 2.24) is 19.6 Å². The number of rotatable bonds is 8. The van der Waals surface area contributed by atoms with Crippen LogP contribution in [0.25, 0.3) is 0 Å². The molecule has 36 heavy (non-hydrogen) atoms. The zero-order valence-corrected chi connectivity index (χ0v) is 21.5. The number of carbonyl (C=O) groups is 2. The molecular formula is C27H37FN4O4. The third-order valence-electron chi connectivity index (χ3n) is 7.11. The quantitative estimate of drug-likeness (QED) is 0.552. The highest BCUT2D eigenvalue weighted by Crippen LogP contribution is 2.36. The number of piperidine rings is 1. The molecule has 2 amide bonds. The first-order valence-electron chi connectivity index (χ1n) is 12.9. The Kier molecular flexibility index (Phi) is 8.28. The van der Waals surface area contributed by atoms with Crippen molar-refractivity contribution in [1.29, 1.82) is 0 Å². The second-order valence-corrected chi connectivity index (χ2v) is 10.2. The van der Waals surface area contributed by atoms with Crippen molar-refractivity contribution < 1.29 is 23.5 Å². The minimum absolute atomic E-state index is 0.0519. The summed E-state index contributed by atoms with van der Waals surface area (Å²) < 4.78 is 26.6. The zero-order chi connectivity index (χ0) is 25.7. The molecule has 0 saturated carbocycles. The first-order valence-corrected chi connectivity index (χ1v) is 12.9. The number of morpholine rings is 1. The lowest BCUT2D eigenvalue weighted by molar-refractivity contribution is -0.139.